The third-order valence-electron chi connectivity index (χ3n) is 5.77. The van der Waals surface area contributed by atoms with Gasteiger partial charge in [-0.05, 0) is 48.7 Å². The minimum absolute atomic E-state index is 0.00583. The number of nitrogens with one attached hydrogen (secondary N) is 2. The first-order chi connectivity index (χ1) is 16.0. The lowest BCUT2D eigenvalue weighted by Crippen LogP contribution is -2.58. The summed E-state index contributed by atoms with van der Waals surface area (Å²) in [4.78, 5) is 30.2. The van der Waals surface area contributed by atoms with E-state index < -0.39 is 0 Å². The highest BCUT2D eigenvalue weighted by molar-refractivity contribution is 6.03. The van der Waals surface area contributed by atoms with Crippen LogP contribution in [-0.2, 0) is 0 Å². The van der Waals surface area contributed by atoms with Crippen LogP contribution in [0.5, 0.6) is 0 Å². The van der Waals surface area contributed by atoms with Gasteiger partial charge >= 0.3 is 6.03 Å². The van der Waals surface area contributed by atoms with E-state index >= 15 is 0 Å². The predicted molar refractivity (Wildman–Crippen MR) is 133 cm³/mol. The molecular formula is C27H30N4O2. The molecule has 0 radical (unpaired) electrons. The predicted octanol–water partition coefficient (Wildman–Crippen LogP) is 5.47. The zero-order valence-corrected chi connectivity index (χ0v) is 19.1. The summed E-state index contributed by atoms with van der Waals surface area (Å²) in [7, 11) is 0. The molecule has 3 aromatic carbocycles. The Morgan fingerprint density at radius 2 is 1.55 bits per heavy atom. The number of carbonyl (C=O) groups is 2. The number of amides is 3. The van der Waals surface area contributed by atoms with Crippen LogP contribution in [0.2, 0.25) is 0 Å². The van der Waals surface area contributed by atoms with Crippen molar-refractivity contribution in [1.29, 1.82) is 0 Å². The molecule has 3 amide bonds. The van der Waals surface area contributed by atoms with E-state index in [-0.39, 0.29) is 24.6 Å². The molecule has 1 aliphatic rings. The Bertz CT molecular complexity index is 1090. The quantitative estimate of drug-likeness (QED) is 0.510. The Hall–Kier alpha value is -3.80. The van der Waals surface area contributed by atoms with Crippen molar-refractivity contribution in [1.82, 2.24) is 10.2 Å². The molecule has 4 rings (SSSR count). The average molecular weight is 443 g/mol. The molecule has 3 aromatic rings. The topological polar surface area (TPSA) is 64.7 Å². The van der Waals surface area contributed by atoms with E-state index in [2.05, 4.69) is 29.4 Å². The zero-order chi connectivity index (χ0) is 23.2. The molecule has 0 spiro atoms. The number of fused-ring (bicyclic) bond motifs is 1. The number of carbonyl (C=O) groups excluding carboxylic acids is 2. The first-order valence-corrected chi connectivity index (χ1v) is 11.4. The number of rotatable bonds is 7. The number of anilines is 3. The smallest absolute Gasteiger partial charge is 0.319 e. The van der Waals surface area contributed by atoms with Crippen LogP contribution in [0.25, 0.3) is 0 Å². The summed E-state index contributed by atoms with van der Waals surface area (Å²) in [6, 6.07) is 26.7. The highest BCUT2D eigenvalue weighted by atomic mass is 16.2. The Kier molecular flexibility index (Phi) is 6.93. The van der Waals surface area contributed by atoms with Gasteiger partial charge in [-0.25, -0.2) is 4.79 Å². The second-order valence-corrected chi connectivity index (χ2v) is 8.59. The molecule has 0 bridgehead atoms. The molecular weight excluding hydrogens is 412 g/mol. The van der Waals surface area contributed by atoms with Gasteiger partial charge in [-0.3, -0.25) is 4.79 Å². The molecule has 6 heteroatoms. The number of para-hydroxylation sites is 3. The van der Waals surface area contributed by atoms with Gasteiger partial charge in [0.1, 0.15) is 6.17 Å². The molecule has 33 heavy (non-hydrogen) atoms. The lowest BCUT2D eigenvalue weighted by atomic mass is 10.0. The van der Waals surface area contributed by atoms with Crippen LogP contribution in [0, 0.1) is 5.92 Å². The van der Waals surface area contributed by atoms with E-state index in [0.717, 1.165) is 23.5 Å². The maximum atomic E-state index is 13.5. The van der Waals surface area contributed by atoms with E-state index in [1.54, 1.807) is 0 Å². The van der Waals surface area contributed by atoms with Gasteiger partial charge in [0.25, 0.3) is 5.91 Å². The monoisotopic (exact) mass is 442 g/mol. The first kappa shape index (κ1) is 22.4. The minimum atomic E-state index is -0.352. The van der Waals surface area contributed by atoms with Crippen LogP contribution in [-0.4, -0.2) is 36.1 Å². The number of hydrogen-bond acceptors (Lipinski definition) is 3. The normalized spacial score (nSPS) is 15.4. The molecule has 0 aromatic heterocycles. The van der Waals surface area contributed by atoms with Gasteiger partial charge in [-0.2, -0.15) is 0 Å². The Balaban J connectivity index is 1.65. The number of hydrogen-bond donors (Lipinski definition) is 2. The van der Waals surface area contributed by atoms with Crippen molar-refractivity contribution in [3.8, 4) is 0 Å². The summed E-state index contributed by atoms with van der Waals surface area (Å²) in [5.41, 5.74) is 3.22. The second-order valence-electron chi connectivity index (χ2n) is 8.59. The van der Waals surface area contributed by atoms with Crippen LogP contribution in [0.1, 0.15) is 30.6 Å². The Labute approximate surface area is 195 Å². The van der Waals surface area contributed by atoms with Gasteiger partial charge in [0.15, 0.2) is 0 Å². The number of benzene rings is 3. The van der Waals surface area contributed by atoms with Crippen molar-refractivity contribution in [3.05, 3.63) is 90.5 Å². The summed E-state index contributed by atoms with van der Waals surface area (Å²) in [5.74, 6) is 0.448. The third kappa shape index (κ3) is 5.17. The van der Waals surface area contributed by atoms with Gasteiger partial charge in [0.05, 0.1) is 17.8 Å². The average Bonchev–Trinajstić information content (AvgIpc) is 2.83. The van der Waals surface area contributed by atoms with Crippen molar-refractivity contribution in [3.63, 3.8) is 0 Å². The third-order valence-corrected chi connectivity index (χ3v) is 5.77. The maximum Gasteiger partial charge on any atom is 0.319 e. The second kappa shape index (κ2) is 10.2. The van der Waals surface area contributed by atoms with Gasteiger partial charge in [-0.15, -0.1) is 0 Å². The lowest BCUT2D eigenvalue weighted by molar-refractivity contribution is 0.0653. The fourth-order valence-corrected chi connectivity index (χ4v) is 4.08. The molecule has 1 unspecified atom stereocenters. The molecule has 0 saturated heterocycles. The van der Waals surface area contributed by atoms with Gasteiger partial charge in [-0.1, -0.05) is 62.4 Å². The van der Waals surface area contributed by atoms with Crippen molar-refractivity contribution >= 4 is 29.0 Å². The van der Waals surface area contributed by atoms with Gasteiger partial charge in [0, 0.05) is 17.9 Å². The standard InChI is InChI=1S/C27H30N4O2/c1-20(2)17-18-30-25(19-28-27(33)29-21-11-5-3-6-12-21)31(22-13-7-4-8-14-22)24-16-10-9-15-23(24)26(30)32/h3-16,20,25H,17-19H2,1-2H3,(H2,28,29,33). The van der Waals surface area contributed by atoms with E-state index in [0.29, 0.717) is 18.0 Å². The van der Waals surface area contributed by atoms with Crippen LogP contribution < -0.4 is 15.5 Å². The van der Waals surface area contributed by atoms with Crippen LogP contribution in [0.15, 0.2) is 84.9 Å². The van der Waals surface area contributed by atoms with Gasteiger partial charge < -0.3 is 20.4 Å². The lowest BCUT2D eigenvalue weighted by Gasteiger charge is -2.46. The summed E-state index contributed by atoms with van der Waals surface area (Å²) >= 11 is 0. The first-order valence-electron chi connectivity index (χ1n) is 11.4. The molecule has 1 aliphatic heterocycles. The van der Waals surface area contributed by atoms with Crippen LogP contribution in [0.4, 0.5) is 21.9 Å². The van der Waals surface area contributed by atoms with E-state index in [1.165, 1.54) is 0 Å². The van der Waals surface area contributed by atoms with Crippen molar-refractivity contribution in [2.45, 2.75) is 26.4 Å². The highest BCUT2D eigenvalue weighted by Gasteiger charge is 2.38. The number of nitrogens with zero attached hydrogens (tertiary/aromatic N) is 2. The fraction of sp³-hybridized carbons (Fsp3) is 0.259. The SMILES string of the molecule is CC(C)CCN1C(=O)c2ccccc2N(c2ccccc2)C1CNC(=O)Nc1ccccc1. The minimum Gasteiger partial charge on any atom is -0.334 e. The van der Waals surface area contributed by atoms with E-state index in [4.69, 9.17) is 0 Å². The van der Waals surface area contributed by atoms with Gasteiger partial charge in [0.2, 0.25) is 0 Å². The molecule has 1 heterocycles. The fourth-order valence-electron chi connectivity index (χ4n) is 4.08. The summed E-state index contributed by atoms with van der Waals surface area (Å²) < 4.78 is 0. The molecule has 6 nitrogen and oxygen atoms in total. The van der Waals surface area contributed by atoms with Crippen LogP contribution in [0.3, 0.4) is 0 Å². The van der Waals surface area contributed by atoms with Crippen molar-refractivity contribution < 1.29 is 9.59 Å². The summed E-state index contributed by atoms with van der Waals surface area (Å²) in [6.07, 6.45) is 0.526. The molecule has 0 aliphatic carbocycles. The molecule has 1 atom stereocenters. The Morgan fingerprint density at radius 1 is 0.909 bits per heavy atom. The van der Waals surface area contributed by atoms with Crippen LogP contribution >= 0.6 is 0 Å². The molecule has 2 N–H and O–H groups in total. The molecule has 170 valence electrons. The zero-order valence-electron chi connectivity index (χ0n) is 19.1. The van der Waals surface area contributed by atoms with E-state index in [9.17, 15) is 9.59 Å². The van der Waals surface area contributed by atoms with Crippen molar-refractivity contribution in [2.24, 2.45) is 5.92 Å². The van der Waals surface area contributed by atoms with Crippen molar-refractivity contribution in [2.75, 3.05) is 23.3 Å². The highest BCUT2D eigenvalue weighted by Crippen LogP contribution is 2.37. The molecule has 0 fully saturated rings. The maximum absolute atomic E-state index is 13.5. The van der Waals surface area contributed by atoms with E-state index in [1.807, 2.05) is 89.8 Å². The molecule has 0 saturated carbocycles. The summed E-state index contributed by atoms with van der Waals surface area (Å²) in [5, 5.41) is 5.84. The largest absolute Gasteiger partial charge is 0.334 e. The summed E-state index contributed by atoms with van der Waals surface area (Å²) in [6.45, 7) is 5.20. The number of urea groups is 1. The Morgan fingerprint density at radius 3 is 2.24 bits per heavy atom.